The number of hydrogen-bond donors (Lipinski definition) is 1. The summed E-state index contributed by atoms with van der Waals surface area (Å²) in [5, 5.41) is 8.79. The Morgan fingerprint density at radius 1 is 0.875 bits per heavy atom. The molecular weight excluding hydrogens is 307 g/mol. The molecule has 0 aromatic heterocycles. The summed E-state index contributed by atoms with van der Waals surface area (Å²) < 4.78 is 19.0. The first-order valence-electron chi connectivity index (χ1n) is 8.28. The Kier molecular flexibility index (Phi) is 5.44. The zero-order valence-electron chi connectivity index (χ0n) is 16.4. The zero-order valence-corrected chi connectivity index (χ0v) is 16.4. The molecule has 0 saturated carbocycles. The van der Waals surface area contributed by atoms with Gasteiger partial charge in [-0.25, -0.2) is 4.79 Å². The molecule has 0 amide bonds. The average molecular weight is 338 g/mol. The van der Waals surface area contributed by atoms with Crippen molar-refractivity contribution in [2.75, 3.05) is 0 Å². The summed E-state index contributed by atoms with van der Waals surface area (Å²) in [4.78, 5) is 10.8. The number of carboxylic acid groups (broad SMARTS) is 1. The van der Waals surface area contributed by atoms with Crippen molar-refractivity contribution in [3.63, 3.8) is 0 Å². The number of benzene rings is 1. The van der Waals surface area contributed by atoms with Gasteiger partial charge in [-0.1, -0.05) is 68.4 Å². The standard InChI is InChI=1S/C20H31FO3/c1-18(2,3)13-11-15(20(7,8)9)14(19(4,5)6)10-12(13)16(21)24-17(22)23/h10-11,16H,1-9H3,(H,22,23). The molecule has 0 heterocycles. The zero-order chi connectivity index (χ0) is 19.1. The van der Waals surface area contributed by atoms with Gasteiger partial charge in [0.25, 0.3) is 6.36 Å². The molecule has 0 aliphatic carbocycles. The minimum Gasteiger partial charge on any atom is -0.450 e. The molecule has 3 nitrogen and oxygen atoms in total. The molecule has 1 N–H and O–H groups in total. The van der Waals surface area contributed by atoms with Gasteiger partial charge in [0.05, 0.1) is 0 Å². The van der Waals surface area contributed by atoms with Gasteiger partial charge in [-0.2, -0.15) is 4.39 Å². The Morgan fingerprint density at radius 2 is 1.25 bits per heavy atom. The fourth-order valence-electron chi connectivity index (χ4n) is 2.85. The van der Waals surface area contributed by atoms with Crippen LogP contribution in [0.1, 0.15) is 90.9 Å². The highest BCUT2D eigenvalue weighted by molar-refractivity contribution is 5.58. The van der Waals surface area contributed by atoms with Crippen LogP contribution in [0.3, 0.4) is 0 Å². The van der Waals surface area contributed by atoms with Crippen LogP contribution in [0.25, 0.3) is 0 Å². The maximum Gasteiger partial charge on any atom is 0.508 e. The van der Waals surface area contributed by atoms with Gasteiger partial charge in [0.15, 0.2) is 0 Å². The van der Waals surface area contributed by atoms with Crippen LogP contribution in [0, 0.1) is 0 Å². The van der Waals surface area contributed by atoms with Crippen molar-refractivity contribution in [2.24, 2.45) is 0 Å². The van der Waals surface area contributed by atoms with Crippen molar-refractivity contribution in [3.8, 4) is 0 Å². The Labute approximate surface area is 145 Å². The van der Waals surface area contributed by atoms with Crippen LogP contribution in [0.2, 0.25) is 0 Å². The van der Waals surface area contributed by atoms with Gasteiger partial charge in [0, 0.05) is 5.56 Å². The van der Waals surface area contributed by atoms with Gasteiger partial charge in [0.2, 0.25) is 0 Å². The van der Waals surface area contributed by atoms with Crippen LogP contribution in [-0.2, 0) is 21.0 Å². The lowest BCUT2D eigenvalue weighted by Crippen LogP contribution is -2.26. The summed E-state index contributed by atoms with van der Waals surface area (Å²) in [7, 11) is 0. The molecule has 0 aliphatic rings. The fourth-order valence-corrected chi connectivity index (χ4v) is 2.85. The van der Waals surface area contributed by atoms with Gasteiger partial charge < -0.3 is 9.84 Å². The Hall–Kier alpha value is -1.58. The van der Waals surface area contributed by atoms with Crippen molar-refractivity contribution < 1.29 is 19.0 Å². The van der Waals surface area contributed by atoms with E-state index in [1.54, 1.807) is 6.07 Å². The molecule has 0 bridgehead atoms. The summed E-state index contributed by atoms with van der Waals surface area (Å²) in [6.07, 6.45) is -3.61. The van der Waals surface area contributed by atoms with Crippen LogP contribution < -0.4 is 0 Å². The van der Waals surface area contributed by atoms with Crippen LogP contribution in [-0.4, -0.2) is 11.3 Å². The third-order valence-electron chi connectivity index (χ3n) is 4.06. The van der Waals surface area contributed by atoms with Gasteiger partial charge >= 0.3 is 6.16 Å². The molecule has 1 aromatic rings. The molecular formula is C20H31FO3. The normalized spacial score (nSPS) is 14.4. The van der Waals surface area contributed by atoms with E-state index >= 15 is 0 Å². The lowest BCUT2D eigenvalue weighted by molar-refractivity contribution is -0.0173. The molecule has 0 spiro atoms. The lowest BCUT2D eigenvalue weighted by atomic mass is 9.71. The first kappa shape index (κ1) is 20.5. The van der Waals surface area contributed by atoms with Crippen molar-refractivity contribution in [1.29, 1.82) is 0 Å². The molecule has 1 rings (SSSR count). The summed E-state index contributed by atoms with van der Waals surface area (Å²) in [6, 6.07) is 3.81. The van der Waals surface area contributed by atoms with E-state index in [4.69, 9.17) is 5.11 Å². The molecule has 1 unspecified atom stereocenters. The van der Waals surface area contributed by atoms with Crippen molar-refractivity contribution in [3.05, 3.63) is 34.4 Å². The highest BCUT2D eigenvalue weighted by atomic mass is 19.1. The second kappa shape index (κ2) is 6.38. The molecule has 1 aromatic carbocycles. The van der Waals surface area contributed by atoms with Gasteiger partial charge in [0.1, 0.15) is 0 Å². The molecule has 0 radical (unpaired) electrons. The number of hydrogen-bond acceptors (Lipinski definition) is 2. The summed E-state index contributed by atoms with van der Waals surface area (Å²) in [5.41, 5.74) is 2.58. The molecule has 4 heteroatoms. The monoisotopic (exact) mass is 338 g/mol. The Balaban J connectivity index is 3.78. The van der Waals surface area contributed by atoms with Crippen LogP contribution in [0.15, 0.2) is 12.1 Å². The molecule has 24 heavy (non-hydrogen) atoms. The van der Waals surface area contributed by atoms with Crippen LogP contribution in [0.5, 0.6) is 0 Å². The van der Waals surface area contributed by atoms with Gasteiger partial charge in [-0.15, -0.1) is 0 Å². The quantitative estimate of drug-likeness (QED) is 0.649. The SMILES string of the molecule is CC(C)(C)c1cc(C(C)(C)C)c(C(C)(C)C)cc1C(F)OC(=O)O. The van der Waals surface area contributed by atoms with E-state index < -0.39 is 12.5 Å². The lowest BCUT2D eigenvalue weighted by Gasteiger charge is -2.34. The molecule has 0 fully saturated rings. The summed E-state index contributed by atoms with van der Waals surface area (Å²) in [6.45, 7) is 18.6. The Bertz CT molecular complexity index is 613. The van der Waals surface area contributed by atoms with E-state index in [1.807, 2.05) is 26.8 Å². The van der Waals surface area contributed by atoms with E-state index in [1.165, 1.54) is 0 Å². The first-order valence-corrected chi connectivity index (χ1v) is 8.28. The topological polar surface area (TPSA) is 46.5 Å². The second-order valence-corrected chi connectivity index (χ2v) is 9.43. The molecule has 136 valence electrons. The largest absolute Gasteiger partial charge is 0.508 e. The third kappa shape index (κ3) is 4.71. The average Bonchev–Trinajstić information content (AvgIpc) is 2.32. The number of alkyl halides is 1. The fraction of sp³-hybridized carbons (Fsp3) is 0.650. The van der Waals surface area contributed by atoms with Crippen LogP contribution >= 0.6 is 0 Å². The first-order chi connectivity index (χ1) is 10.5. The number of ether oxygens (including phenoxy) is 1. The van der Waals surface area contributed by atoms with Crippen molar-refractivity contribution in [1.82, 2.24) is 0 Å². The van der Waals surface area contributed by atoms with Crippen molar-refractivity contribution in [2.45, 2.75) is 84.9 Å². The van der Waals surface area contributed by atoms with E-state index in [0.717, 1.165) is 16.7 Å². The Morgan fingerprint density at radius 3 is 1.58 bits per heavy atom. The minimum atomic E-state index is -1.99. The van der Waals surface area contributed by atoms with E-state index in [9.17, 15) is 9.18 Å². The number of halogens is 1. The smallest absolute Gasteiger partial charge is 0.450 e. The van der Waals surface area contributed by atoms with Crippen LogP contribution in [0.4, 0.5) is 9.18 Å². The molecule has 1 atom stereocenters. The van der Waals surface area contributed by atoms with E-state index in [0.29, 0.717) is 5.56 Å². The van der Waals surface area contributed by atoms with Gasteiger partial charge in [-0.05, 0) is 39.0 Å². The second-order valence-electron chi connectivity index (χ2n) is 9.43. The highest BCUT2D eigenvalue weighted by Gasteiger charge is 2.32. The van der Waals surface area contributed by atoms with E-state index in [2.05, 4.69) is 46.3 Å². The maximum absolute atomic E-state index is 14.6. The third-order valence-corrected chi connectivity index (χ3v) is 4.06. The number of rotatable bonds is 2. The predicted octanol–water partition coefficient (Wildman–Crippen LogP) is 6.24. The summed E-state index contributed by atoms with van der Waals surface area (Å²) >= 11 is 0. The maximum atomic E-state index is 14.6. The van der Waals surface area contributed by atoms with E-state index in [-0.39, 0.29) is 16.2 Å². The summed E-state index contributed by atoms with van der Waals surface area (Å²) in [5.74, 6) is 0. The number of carbonyl (C=O) groups is 1. The highest BCUT2D eigenvalue weighted by Crippen LogP contribution is 2.41. The molecule has 0 saturated heterocycles. The predicted molar refractivity (Wildman–Crippen MR) is 95.5 cm³/mol. The van der Waals surface area contributed by atoms with Gasteiger partial charge in [-0.3, -0.25) is 0 Å². The minimum absolute atomic E-state index is 0.111. The molecule has 0 aliphatic heterocycles. The van der Waals surface area contributed by atoms with Crippen molar-refractivity contribution >= 4 is 6.16 Å².